The first-order chi connectivity index (χ1) is 10.2. The number of carbonyl (C=O) groups is 2. The lowest BCUT2D eigenvalue weighted by atomic mass is 10.3. The van der Waals surface area contributed by atoms with Crippen LogP contribution < -0.4 is 10.6 Å². The lowest BCUT2D eigenvalue weighted by molar-refractivity contribution is -0.123. The predicted molar refractivity (Wildman–Crippen MR) is 75.0 cm³/mol. The zero-order valence-electron chi connectivity index (χ0n) is 11.2. The van der Waals surface area contributed by atoms with Gasteiger partial charge in [-0.15, -0.1) is 0 Å². The maximum Gasteiger partial charge on any atom is 0.322 e. The quantitative estimate of drug-likeness (QED) is 0.826. The minimum atomic E-state index is -0.328. The molecule has 21 heavy (non-hydrogen) atoms. The summed E-state index contributed by atoms with van der Waals surface area (Å²) in [6.07, 6.45) is 5.00. The second-order valence-electron chi connectivity index (χ2n) is 4.53. The van der Waals surface area contributed by atoms with Gasteiger partial charge in [0.05, 0.1) is 5.69 Å². The number of nitrogens with zero attached hydrogens (tertiary/aromatic N) is 4. The molecule has 1 aliphatic rings. The van der Waals surface area contributed by atoms with Crippen molar-refractivity contribution in [2.75, 3.05) is 25.0 Å². The van der Waals surface area contributed by atoms with E-state index in [1.165, 1.54) is 4.90 Å². The van der Waals surface area contributed by atoms with Crippen molar-refractivity contribution in [2.45, 2.75) is 0 Å². The summed E-state index contributed by atoms with van der Waals surface area (Å²) < 4.78 is 1.57. The van der Waals surface area contributed by atoms with Crippen molar-refractivity contribution >= 4 is 17.6 Å². The molecule has 8 heteroatoms. The SMILES string of the molecule is O=C1CN(C(=O)Nc2cccnc2-n2cccn2)CCN1. The van der Waals surface area contributed by atoms with Crippen molar-refractivity contribution in [3.05, 3.63) is 36.8 Å². The molecule has 8 nitrogen and oxygen atoms in total. The molecule has 108 valence electrons. The zero-order chi connectivity index (χ0) is 14.7. The van der Waals surface area contributed by atoms with Crippen LogP contribution in [0.15, 0.2) is 36.8 Å². The zero-order valence-corrected chi connectivity index (χ0v) is 11.2. The van der Waals surface area contributed by atoms with Crippen LogP contribution in [0.1, 0.15) is 0 Å². The molecule has 0 spiro atoms. The van der Waals surface area contributed by atoms with Gasteiger partial charge >= 0.3 is 6.03 Å². The molecule has 2 aromatic rings. The number of amides is 3. The Kier molecular flexibility index (Phi) is 3.50. The predicted octanol–water partition coefficient (Wildman–Crippen LogP) is 0.231. The van der Waals surface area contributed by atoms with Gasteiger partial charge < -0.3 is 15.5 Å². The Morgan fingerprint density at radius 2 is 2.24 bits per heavy atom. The molecule has 0 bridgehead atoms. The summed E-state index contributed by atoms with van der Waals surface area (Å²) in [4.78, 5) is 29.2. The third kappa shape index (κ3) is 2.83. The molecule has 1 saturated heterocycles. The number of hydrogen-bond acceptors (Lipinski definition) is 4. The second-order valence-corrected chi connectivity index (χ2v) is 4.53. The van der Waals surface area contributed by atoms with Crippen molar-refractivity contribution in [3.63, 3.8) is 0 Å². The first-order valence-electron chi connectivity index (χ1n) is 6.52. The Bertz CT molecular complexity index is 654. The Morgan fingerprint density at radius 1 is 1.33 bits per heavy atom. The van der Waals surface area contributed by atoms with Gasteiger partial charge in [0.15, 0.2) is 5.82 Å². The van der Waals surface area contributed by atoms with E-state index in [1.54, 1.807) is 41.5 Å². The first kappa shape index (κ1) is 13.1. The number of rotatable bonds is 2. The molecule has 0 atom stereocenters. The van der Waals surface area contributed by atoms with Gasteiger partial charge in [-0.1, -0.05) is 0 Å². The van der Waals surface area contributed by atoms with Crippen LogP contribution in [-0.4, -0.2) is 51.2 Å². The molecule has 0 aromatic carbocycles. The van der Waals surface area contributed by atoms with E-state index in [-0.39, 0.29) is 18.5 Å². The van der Waals surface area contributed by atoms with Crippen molar-refractivity contribution in [3.8, 4) is 5.82 Å². The minimum Gasteiger partial charge on any atom is -0.353 e. The minimum absolute atomic E-state index is 0.0587. The summed E-state index contributed by atoms with van der Waals surface area (Å²) in [5, 5.41) is 9.55. The van der Waals surface area contributed by atoms with Crippen molar-refractivity contribution in [1.29, 1.82) is 0 Å². The smallest absolute Gasteiger partial charge is 0.322 e. The van der Waals surface area contributed by atoms with Crippen LogP contribution in [-0.2, 0) is 4.79 Å². The van der Waals surface area contributed by atoms with Gasteiger partial charge in [-0.3, -0.25) is 4.79 Å². The van der Waals surface area contributed by atoms with E-state index in [0.717, 1.165) is 0 Å². The first-order valence-corrected chi connectivity index (χ1v) is 6.52. The van der Waals surface area contributed by atoms with E-state index in [1.807, 2.05) is 0 Å². The standard InChI is InChI=1S/C13H14N6O2/c20-11-9-18(8-6-14-11)13(21)17-10-3-1-4-15-12(10)19-7-2-5-16-19/h1-5,7H,6,8-9H2,(H,14,20)(H,17,21). The summed E-state index contributed by atoms with van der Waals surface area (Å²) in [5.74, 6) is 0.368. The summed E-state index contributed by atoms with van der Waals surface area (Å²) in [7, 11) is 0. The van der Waals surface area contributed by atoms with Gasteiger partial charge in [0.25, 0.3) is 0 Å². The monoisotopic (exact) mass is 286 g/mol. The van der Waals surface area contributed by atoms with Crippen LogP contribution in [0.4, 0.5) is 10.5 Å². The van der Waals surface area contributed by atoms with E-state index < -0.39 is 0 Å². The van der Waals surface area contributed by atoms with Crippen LogP contribution in [0.25, 0.3) is 5.82 Å². The Labute approximate surface area is 120 Å². The molecule has 3 amide bonds. The maximum absolute atomic E-state index is 12.2. The van der Waals surface area contributed by atoms with Crippen LogP contribution in [0.2, 0.25) is 0 Å². The Hall–Kier alpha value is -2.90. The number of anilines is 1. The van der Waals surface area contributed by atoms with Gasteiger partial charge in [-0.2, -0.15) is 5.10 Å². The third-order valence-electron chi connectivity index (χ3n) is 3.08. The van der Waals surface area contributed by atoms with E-state index >= 15 is 0 Å². The molecule has 3 rings (SSSR count). The highest BCUT2D eigenvalue weighted by Crippen LogP contribution is 2.16. The van der Waals surface area contributed by atoms with Gasteiger partial charge in [-0.05, 0) is 18.2 Å². The van der Waals surface area contributed by atoms with Crippen LogP contribution in [0.3, 0.4) is 0 Å². The fraction of sp³-hybridized carbons (Fsp3) is 0.231. The number of aromatic nitrogens is 3. The topological polar surface area (TPSA) is 92.2 Å². The van der Waals surface area contributed by atoms with Gasteiger partial charge in [0, 0.05) is 31.7 Å². The van der Waals surface area contributed by atoms with Crippen molar-refractivity contribution < 1.29 is 9.59 Å². The number of urea groups is 1. The average molecular weight is 286 g/mol. The number of piperazine rings is 1. The average Bonchev–Trinajstić information content (AvgIpc) is 3.02. The molecule has 1 aliphatic heterocycles. The molecule has 1 fully saturated rings. The largest absolute Gasteiger partial charge is 0.353 e. The van der Waals surface area contributed by atoms with E-state index in [4.69, 9.17) is 0 Å². The molecular formula is C13H14N6O2. The van der Waals surface area contributed by atoms with Gasteiger partial charge in [0.1, 0.15) is 6.54 Å². The highest BCUT2D eigenvalue weighted by atomic mass is 16.2. The Balaban J connectivity index is 1.79. The summed E-state index contributed by atoms with van der Waals surface area (Å²) in [6.45, 7) is 1.00. The summed E-state index contributed by atoms with van der Waals surface area (Å²) in [5.41, 5.74) is 0.539. The highest BCUT2D eigenvalue weighted by Gasteiger charge is 2.22. The summed E-state index contributed by atoms with van der Waals surface area (Å²) in [6, 6.07) is 4.92. The highest BCUT2D eigenvalue weighted by molar-refractivity contribution is 5.94. The third-order valence-corrected chi connectivity index (χ3v) is 3.08. The molecule has 2 aromatic heterocycles. The van der Waals surface area contributed by atoms with Gasteiger partial charge in [0.2, 0.25) is 5.91 Å². The van der Waals surface area contributed by atoms with E-state index in [2.05, 4.69) is 20.7 Å². The second kappa shape index (κ2) is 5.61. The Morgan fingerprint density at radius 3 is 3.00 bits per heavy atom. The lowest BCUT2D eigenvalue weighted by Crippen LogP contribution is -2.51. The molecule has 3 heterocycles. The van der Waals surface area contributed by atoms with E-state index in [9.17, 15) is 9.59 Å². The molecule has 2 N–H and O–H groups in total. The van der Waals surface area contributed by atoms with Crippen LogP contribution >= 0.6 is 0 Å². The summed E-state index contributed by atoms with van der Waals surface area (Å²) >= 11 is 0. The number of carbonyl (C=O) groups excluding carboxylic acids is 2. The van der Waals surface area contributed by atoms with E-state index in [0.29, 0.717) is 24.6 Å². The molecule has 0 unspecified atom stereocenters. The number of pyridine rings is 1. The molecule has 0 radical (unpaired) electrons. The normalized spacial score (nSPS) is 14.7. The molecule has 0 aliphatic carbocycles. The van der Waals surface area contributed by atoms with Crippen molar-refractivity contribution in [2.24, 2.45) is 0 Å². The maximum atomic E-state index is 12.2. The van der Waals surface area contributed by atoms with Crippen LogP contribution in [0, 0.1) is 0 Å². The molecule has 0 saturated carbocycles. The molecular weight excluding hydrogens is 272 g/mol. The van der Waals surface area contributed by atoms with Crippen LogP contribution in [0.5, 0.6) is 0 Å². The lowest BCUT2D eigenvalue weighted by Gasteiger charge is -2.27. The van der Waals surface area contributed by atoms with Gasteiger partial charge in [-0.25, -0.2) is 14.5 Å². The fourth-order valence-corrected chi connectivity index (χ4v) is 2.08. The fourth-order valence-electron chi connectivity index (χ4n) is 2.08. The number of hydrogen-bond donors (Lipinski definition) is 2. The van der Waals surface area contributed by atoms with Crippen molar-refractivity contribution in [1.82, 2.24) is 25.0 Å². The number of nitrogens with one attached hydrogen (secondary N) is 2.